The second-order valence-corrected chi connectivity index (χ2v) is 4.81. The Morgan fingerprint density at radius 1 is 1.00 bits per heavy atom. The maximum atomic E-state index is 5.81. The number of hydrogen-bond acceptors (Lipinski definition) is 5. The Bertz CT molecular complexity index is 739. The highest BCUT2D eigenvalue weighted by molar-refractivity contribution is 5.79. The molecule has 0 bridgehead atoms. The first-order valence-corrected chi connectivity index (χ1v) is 6.51. The minimum Gasteiger partial charge on any atom is -0.328 e. The third-order valence-electron chi connectivity index (χ3n) is 2.97. The first-order valence-electron chi connectivity index (χ1n) is 6.51. The van der Waals surface area contributed by atoms with E-state index >= 15 is 0 Å². The van der Waals surface area contributed by atoms with E-state index in [0.717, 1.165) is 28.7 Å². The average molecular weight is 265 g/mol. The van der Waals surface area contributed by atoms with E-state index in [4.69, 9.17) is 5.73 Å². The molecule has 1 unspecified atom stereocenters. The molecule has 2 aromatic heterocycles. The van der Waals surface area contributed by atoms with Gasteiger partial charge in [-0.15, -0.1) is 0 Å². The highest BCUT2D eigenvalue weighted by Gasteiger charge is 2.06. The molecule has 20 heavy (non-hydrogen) atoms. The van der Waals surface area contributed by atoms with Crippen LogP contribution >= 0.6 is 0 Å². The molecule has 0 fully saturated rings. The number of fused-ring (bicyclic) bond motifs is 1. The summed E-state index contributed by atoms with van der Waals surface area (Å²) in [5.41, 5.74) is 9.39. The third-order valence-corrected chi connectivity index (χ3v) is 2.97. The lowest BCUT2D eigenvalue weighted by Gasteiger charge is -2.06. The van der Waals surface area contributed by atoms with Crippen LogP contribution in [0.4, 0.5) is 0 Å². The molecule has 0 saturated heterocycles. The molecule has 3 rings (SSSR count). The molecule has 0 radical (unpaired) electrons. The Balaban J connectivity index is 2.01. The van der Waals surface area contributed by atoms with Gasteiger partial charge < -0.3 is 5.73 Å². The molecule has 0 aliphatic rings. The van der Waals surface area contributed by atoms with Gasteiger partial charge in [0.05, 0.1) is 11.0 Å². The summed E-state index contributed by atoms with van der Waals surface area (Å²) in [6.07, 6.45) is 5.87. The van der Waals surface area contributed by atoms with Crippen LogP contribution in [-0.2, 0) is 6.42 Å². The molecule has 2 N–H and O–H groups in total. The van der Waals surface area contributed by atoms with Gasteiger partial charge in [-0.2, -0.15) is 0 Å². The Labute approximate surface area is 116 Å². The summed E-state index contributed by atoms with van der Waals surface area (Å²) >= 11 is 0. The van der Waals surface area contributed by atoms with Crippen molar-refractivity contribution in [3.63, 3.8) is 0 Å². The minimum absolute atomic E-state index is 0.0835. The van der Waals surface area contributed by atoms with Crippen molar-refractivity contribution in [1.29, 1.82) is 0 Å². The SMILES string of the molecule is CC(N)Cc1ccnc(-c2ccc3nccnc3c2)n1. The van der Waals surface area contributed by atoms with E-state index in [1.807, 2.05) is 31.2 Å². The topological polar surface area (TPSA) is 77.6 Å². The third kappa shape index (κ3) is 2.62. The molecular formula is C15H15N5. The van der Waals surface area contributed by atoms with E-state index in [0.29, 0.717) is 5.82 Å². The maximum Gasteiger partial charge on any atom is 0.159 e. The number of nitrogens with zero attached hydrogens (tertiary/aromatic N) is 4. The van der Waals surface area contributed by atoms with Crippen LogP contribution in [0.15, 0.2) is 42.9 Å². The van der Waals surface area contributed by atoms with Crippen molar-refractivity contribution in [2.75, 3.05) is 0 Å². The molecule has 100 valence electrons. The Hall–Kier alpha value is -2.40. The van der Waals surface area contributed by atoms with Gasteiger partial charge in [0.15, 0.2) is 5.82 Å². The van der Waals surface area contributed by atoms with Crippen LogP contribution in [0.3, 0.4) is 0 Å². The average Bonchev–Trinajstić information content (AvgIpc) is 2.46. The zero-order valence-electron chi connectivity index (χ0n) is 11.2. The summed E-state index contributed by atoms with van der Waals surface area (Å²) in [4.78, 5) is 17.4. The molecule has 5 heteroatoms. The number of benzene rings is 1. The van der Waals surface area contributed by atoms with Crippen LogP contribution in [0.1, 0.15) is 12.6 Å². The van der Waals surface area contributed by atoms with E-state index < -0.39 is 0 Å². The van der Waals surface area contributed by atoms with Gasteiger partial charge in [0.25, 0.3) is 0 Å². The van der Waals surface area contributed by atoms with Crippen LogP contribution in [-0.4, -0.2) is 26.0 Å². The van der Waals surface area contributed by atoms with E-state index in [1.54, 1.807) is 18.6 Å². The summed E-state index contributed by atoms with van der Waals surface area (Å²) < 4.78 is 0. The fourth-order valence-electron chi connectivity index (χ4n) is 2.08. The molecule has 3 aromatic rings. The Kier molecular flexibility index (Phi) is 3.35. The van der Waals surface area contributed by atoms with E-state index in [9.17, 15) is 0 Å². The Morgan fingerprint density at radius 3 is 2.60 bits per heavy atom. The summed E-state index contributed by atoms with van der Waals surface area (Å²) in [5, 5.41) is 0. The lowest BCUT2D eigenvalue weighted by Crippen LogP contribution is -2.18. The van der Waals surface area contributed by atoms with Crippen LogP contribution in [0.2, 0.25) is 0 Å². The number of nitrogens with two attached hydrogens (primary N) is 1. The Morgan fingerprint density at radius 2 is 1.80 bits per heavy atom. The lowest BCUT2D eigenvalue weighted by molar-refractivity contribution is 0.720. The monoisotopic (exact) mass is 265 g/mol. The molecule has 0 amide bonds. The van der Waals surface area contributed by atoms with Crippen LogP contribution in [0, 0.1) is 0 Å². The zero-order chi connectivity index (χ0) is 13.9. The predicted molar refractivity (Wildman–Crippen MR) is 77.9 cm³/mol. The lowest BCUT2D eigenvalue weighted by atomic mass is 10.1. The zero-order valence-corrected chi connectivity index (χ0v) is 11.2. The highest BCUT2D eigenvalue weighted by Crippen LogP contribution is 2.19. The first kappa shape index (κ1) is 12.6. The summed E-state index contributed by atoms with van der Waals surface area (Å²) in [7, 11) is 0. The summed E-state index contributed by atoms with van der Waals surface area (Å²) in [6, 6.07) is 7.82. The molecule has 0 aliphatic carbocycles. The van der Waals surface area contributed by atoms with E-state index in [2.05, 4.69) is 19.9 Å². The van der Waals surface area contributed by atoms with Gasteiger partial charge in [0.2, 0.25) is 0 Å². The maximum absolute atomic E-state index is 5.81. The van der Waals surface area contributed by atoms with E-state index in [-0.39, 0.29) is 6.04 Å². The van der Waals surface area contributed by atoms with Gasteiger partial charge in [-0.3, -0.25) is 9.97 Å². The van der Waals surface area contributed by atoms with Crippen molar-refractivity contribution in [2.24, 2.45) is 5.73 Å². The molecule has 1 aromatic carbocycles. The largest absolute Gasteiger partial charge is 0.328 e. The molecule has 1 atom stereocenters. The van der Waals surface area contributed by atoms with Crippen molar-refractivity contribution in [1.82, 2.24) is 19.9 Å². The highest BCUT2D eigenvalue weighted by atomic mass is 14.9. The van der Waals surface area contributed by atoms with Crippen LogP contribution in [0.5, 0.6) is 0 Å². The fourth-order valence-corrected chi connectivity index (χ4v) is 2.08. The van der Waals surface area contributed by atoms with Crippen molar-refractivity contribution >= 4 is 11.0 Å². The summed E-state index contributed by atoms with van der Waals surface area (Å²) in [6.45, 7) is 1.97. The number of aromatic nitrogens is 4. The van der Waals surface area contributed by atoms with Crippen molar-refractivity contribution < 1.29 is 0 Å². The predicted octanol–water partition coefficient (Wildman–Crippen LogP) is 1.98. The molecule has 2 heterocycles. The quantitative estimate of drug-likeness (QED) is 0.783. The molecular weight excluding hydrogens is 250 g/mol. The number of rotatable bonds is 3. The molecule has 0 saturated carbocycles. The van der Waals surface area contributed by atoms with Crippen molar-refractivity contribution in [3.05, 3.63) is 48.5 Å². The molecule has 5 nitrogen and oxygen atoms in total. The number of hydrogen-bond donors (Lipinski definition) is 1. The van der Waals surface area contributed by atoms with Crippen molar-refractivity contribution in [2.45, 2.75) is 19.4 Å². The van der Waals surface area contributed by atoms with E-state index in [1.165, 1.54) is 0 Å². The standard InChI is InChI=1S/C15H15N5/c1-10(16)8-12-4-5-19-15(20-12)11-2-3-13-14(9-11)18-7-6-17-13/h2-7,9-10H,8,16H2,1H3. The van der Waals surface area contributed by atoms with Crippen LogP contribution < -0.4 is 5.73 Å². The van der Waals surface area contributed by atoms with Crippen LogP contribution in [0.25, 0.3) is 22.4 Å². The summed E-state index contributed by atoms with van der Waals surface area (Å²) in [5.74, 6) is 0.690. The molecule has 0 spiro atoms. The van der Waals surface area contributed by atoms with Gasteiger partial charge in [-0.25, -0.2) is 9.97 Å². The van der Waals surface area contributed by atoms with Gasteiger partial charge >= 0.3 is 0 Å². The van der Waals surface area contributed by atoms with Gasteiger partial charge in [-0.1, -0.05) is 0 Å². The minimum atomic E-state index is 0.0835. The normalized spacial score (nSPS) is 12.5. The second kappa shape index (κ2) is 5.30. The molecule has 0 aliphatic heterocycles. The second-order valence-electron chi connectivity index (χ2n) is 4.81. The first-order chi connectivity index (χ1) is 9.72. The smallest absolute Gasteiger partial charge is 0.159 e. The van der Waals surface area contributed by atoms with Gasteiger partial charge in [-0.05, 0) is 31.2 Å². The van der Waals surface area contributed by atoms with Crippen molar-refractivity contribution in [3.8, 4) is 11.4 Å². The van der Waals surface area contributed by atoms with Gasteiger partial charge in [0.1, 0.15) is 0 Å². The fraction of sp³-hybridized carbons (Fsp3) is 0.200. The van der Waals surface area contributed by atoms with Gasteiger partial charge in [0, 0.05) is 42.3 Å².